The van der Waals surface area contributed by atoms with Crippen LogP contribution in [0.5, 0.6) is 0 Å². The SMILES string of the molecule is CCCCN(C)C(=O)CCN(c1ccc(C(=O)OC)cc1)S(C)(=O)=O. The van der Waals surface area contributed by atoms with Gasteiger partial charge in [0.2, 0.25) is 15.9 Å². The van der Waals surface area contributed by atoms with Crippen molar-refractivity contribution in [3.63, 3.8) is 0 Å². The molecular weight excluding hydrogens is 344 g/mol. The lowest BCUT2D eigenvalue weighted by atomic mass is 10.2. The predicted octanol–water partition coefficient (Wildman–Crippen LogP) is 1.89. The second-order valence-corrected chi connectivity index (χ2v) is 7.70. The van der Waals surface area contributed by atoms with E-state index in [0.29, 0.717) is 17.8 Å². The molecule has 0 aliphatic heterocycles. The van der Waals surface area contributed by atoms with E-state index in [4.69, 9.17) is 0 Å². The number of unbranched alkanes of at least 4 members (excludes halogenated alkanes) is 1. The molecule has 0 radical (unpaired) electrons. The number of esters is 1. The third-order valence-electron chi connectivity index (χ3n) is 3.78. The molecule has 1 aromatic carbocycles. The first-order chi connectivity index (χ1) is 11.7. The first kappa shape index (κ1) is 21.0. The fraction of sp³-hybridized carbons (Fsp3) is 0.529. The molecule has 0 saturated carbocycles. The van der Waals surface area contributed by atoms with Crippen molar-refractivity contribution in [3.8, 4) is 0 Å². The zero-order valence-corrected chi connectivity index (χ0v) is 16.0. The first-order valence-electron chi connectivity index (χ1n) is 8.10. The van der Waals surface area contributed by atoms with Crippen LogP contribution in [-0.4, -0.2) is 58.7 Å². The van der Waals surface area contributed by atoms with Gasteiger partial charge in [0, 0.05) is 26.6 Å². The van der Waals surface area contributed by atoms with Crippen LogP contribution in [0.4, 0.5) is 5.69 Å². The normalized spacial score (nSPS) is 11.0. The van der Waals surface area contributed by atoms with Crippen molar-refractivity contribution in [1.29, 1.82) is 0 Å². The van der Waals surface area contributed by atoms with Crippen LogP contribution in [0.25, 0.3) is 0 Å². The number of rotatable bonds is 9. The fourth-order valence-corrected chi connectivity index (χ4v) is 3.20. The number of carbonyl (C=O) groups excluding carboxylic acids is 2. The highest BCUT2D eigenvalue weighted by Gasteiger charge is 2.20. The Hall–Kier alpha value is -2.09. The van der Waals surface area contributed by atoms with E-state index < -0.39 is 16.0 Å². The molecule has 1 amide bonds. The van der Waals surface area contributed by atoms with Gasteiger partial charge >= 0.3 is 5.97 Å². The smallest absolute Gasteiger partial charge is 0.337 e. The van der Waals surface area contributed by atoms with Gasteiger partial charge in [-0.25, -0.2) is 13.2 Å². The number of carbonyl (C=O) groups is 2. The van der Waals surface area contributed by atoms with Gasteiger partial charge in [0.15, 0.2) is 0 Å². The molecule has 7 nitrogen and oxygen atoms in total. The second-order valence-electron chi connectivity index (χ2n) is 5.79. The van der Waals surface area contributed by atoms with Crippen molar-refractivity contribution >= 4 is 27.6 Å². The summed E-state index contributed by atoms with van der Waals surface area (Å²) in [7, 11) is -0.555. The van der Waals surface area contributed by atoms with E-state index in [9.17, 15) is 18.0 Å². The van der Waals surface area contributed by atoms with Gasteiger partial charge in [-0.15, -0.1) is 0 Å². The number of hydrogen-bond donors (Lipinski definition) is 0. The van der Waals surface area contributed by atoms with Crippen molar-refractivity contribution in [2.24, 2.45) is 0 Å². The summed E-state index contributed by atoms with van der Waals surface area (Å²) in [4.78, 5) is 25.2. The van der Waals surface area contributed by atoms with Gasteiger partial charge in [-0.05, 0) is 30.7 Å². The van der Waals surface area contributed by atoms with E-state index >= 15 is 0 Å². The lowest BCUT2D eigenvalue weighted by Crippen LogP contribution is -2.35. The van der Waals surface area contributed by atoms with Crippen LogP contribution < -0.4 is 4.31 Å². The Morgan fingerprint density at radius 3 is 2.20 bits per heavy atom. The van der Waals surface area contributed by atoms with Crippen LogP contribution in [0.3, 0.4) is 0 Å². The van der Waals surface area contributed by atoms with E-state index in [1.165, 1.54) is 35.7 Å². The van der Waals surface area contributed by atoms with E-state index in [0.717, 1.165) is 19.1 Å². The number of amides is 1. The van der Waals surface area contributed by atoms with E-state index in [2.05, 4.69) is 4.74 Å². The number of hydrogen-bond acceptors (Lipinski definition) is 5. The van der Waals surface area contributed by atoms with Crippen LogP contribution >= 0.6 is 0 Å². The summed E-state index contributed by atoms with van der Waals surface area (Å²) in [5, 5.41) is 0. The van der Waals surface area contributed by atoms with Gasteiger partial charge < -0.3 is 9.64 Å². The standard InChI is InChI=1S/C17H26N2O5S/c1-5-6-12-18(2)16(20)11-13-19(25(4,22)23)15-9-7-14(8-10-15)17(21)24-3/h7-10H,5-6,11-13H2,1-4H3. The minimum Gasteiger partial charge on any atom is -0.465 e. The monoisotopic (exact) mass is 370 g/mol. The van der Waals surface area contributed by atoms with Gasteiger partial charge in [0.05, 0.1) is 24.6 Å². The predicted molar refractivity (Wildman–Crippen MR) is 97.1 cm³/mol. The molecule has 0 aliphatic rings. The molecule has 1 rings (SSSR count). The summed E-state index contributed by atoms with van der Waals surface area (Å²) in [6.07, 6.45) is 3.07. The molecule has 1 aromatic rings. The summed E-state index contributed by atoms with van der Waals surface area (Å²) in [5.74, 6) is -0.599. The summed E-state index contributed by atoms with van der Waals surface area (Å²) in [5.41, 5.74) is 0.731. The van der Waals surface area contributed by atoms with Crippen molar-refractivity contribution in [1.82, 2.24) is 4.90 Å². The molecule has 140 valence electrons. The van der Waals surface area contributed by atoms with Crippen molar-refractivity contribution < 1.29 is 22.7 Å². The molecule has 0 spiro atoms. The van der Waals surface area contributed by atoms with Gasteiger partial charge in [0.25, 0.3) is 0 Å². The Kier molecular flexibility index (Phi) is 7.89. The number of sulfonamides is 1. The van der Waals surface area contributed by atoms with Crippen molar-refractivity contribution in [2.75, 3.05) is 37.8 Å². The van der Waals surface area contributed by atoms with Gasteiger partial charge in [-0.2, -0.15) is 0 Å². The zero-order chi connectivity index (χ0) is 19.0. The molecule has 8 heteroatoms. The van der Waals surface area contributed by atoms with E-state index in [1.807, 2.05) is 6.92 Å². The van der Waals surface area contributed by atoms with Crippen molar-refractivity contribution in [2.45, 2.75) is 26.2 Å². The average Bonchev–Trinajstić information content (AvgIpc) is 2.58. The Bertz CT molecular complexity index is 685. The lowest BCUT2D eigenvalue weighted by Gasteiger charge is -2.24. The van der Waals surface area contributed by atoms with Crippen LogP contribution in [0.1, 0.15) is 36.5 Å². The second kappa shape index (κ2) is 9.41. The molecule has 0 unspecified atom stereocenters. The minimum absolute atomic E-state index is 0.0473. The number of nitrogens with zero attached hydrogens (tertiary/aromatic N) is 2. The van der Waals surface area contributed by atoms with Gasteiger partial charge in [-0.3, -0.25) is 9.10 Å². The van der Waals surface area contributed by atoms with Gasteiger partial charge in [-0.1, -0.05) is 13.3 Å². The lowest BCUT2D eigenvalue weighted by molar-refractivity contribution is -0.129. The number of methoxy groups -OCH3 is 1. The highest BCUT2D eigenvalue weighted by molar-refractivity contribution is 7.92. The molecule has 0 heterocycles. The Morgan fingerprint density at radius 1 is 1.12 bits per heavy atom. The Labute approximate surface area is 149 Å². The Morgan fingerprint density at radius 2 is 1.72 bits per heavy atom. The molecule has 0 fully saturated rings. The largest absolute Gasteiger partial charge is 0.465 e. The van der Waals surface area contributed by atoms with Crippen LogP contribution in [0.2, 0.25) is 0 Å². The third kappa shape index (κ3) is 6.38. The maximum Gasteiger partial charge on any atom is 0.337 e. The number of benzene rings is 1. The number of ether oxygens (including phenoxy) is 1. The molecule has 0 atom stereocenters. The molecule has 0 aromatic heterocycles. The molecule has 25 heavy (non-hydrogen) atoms. The van der Waals surface area contributed by atoms with E-state index in [-0.39, 0.29) is 18.9 Å². The molecule has 0 saturated heterocycles. The summed E-state index contributed by atoms with van der Waals surface area (Å²) >= 11 is 0. The summed E-state index contributed by atoms with van der Waals surface area (Å²) in [6.45, 7) is 2.75. The van der Waals surface area contributed by atoms with E-state index in [1.54, 1.807) is 11.9 Å². The van der Waals surface area contributed by atoms with Crippen LogP contribution in [-0.2, 0) is 19.6 Å². The highest BCUT2D eigenvalue weighted by atomic mass is 32.2. The van der Waals surface area contributed by atoms with Crippen molar-refractivity contribution in [3.05, 3.63) is 29.8 Å². The third-order valence-corrected chi connectivity index (χ3v) is 4.97. The maximum absolute atomic E-state index is 12.1. The first-order valence-corrected chi connectivity index (χ1v) is 9.95. The molecule has 0 N–H and O–H groups in total. The minimum atomic E-state index is -3.55. The Balaban J connectivity index is 2.86. The fourth-order valence-electron chi connectivity index (χ4n) is 2.28. The number of anilines is 1. The summed E-state index contributed by atoms with van der Waals surface area (Å²) < 4.78 is 29.9. The zero-order valence-electron chi connectivity index (χ0n) is 15.2. The van der Waals surface area contributed by atoms with Gasteiger partial charge in [0.1, 0.15) is 0 Å². The quantitative estimate of drug-likeness (QED) is 0.620. The molecular formula is C17H26N2O5S. The van der Waals surface area contributed by atoms with Crippen LogP contribution in [0.15, 0.2) is 24.3 Å². The average molecular weight is 370 g/mol. The molecule has 0 bridgehead atoms. The summed E-state index contributed by atoms with van der Waals surface area (Å²) in [6, 6.07) is 6.04. The maximum atomic E-state index is 12.1. The molecule has 0 aliphatic carbocycles. The topological polar surface area (TPSA) is 84.0 Å². The highest BCUT2D eigenvalue weighted by Crippen LogP contribution is 2.19. The van der Waals surface area contributed by atoms with Crippen LogP contribution in [0, 0.1) is 0 Å².